The zero-order valence-corrected chi connectivity index (χ0v) is 19.1. The van der Waals surface area contributed by atoms with Crippen molar-refractivity contribution < 1.29 is 14.3 Å². The first-order chi connectivity index (χ1) is 16.5. The topological polar surface area (TPSA) is 116 Å². The summed E-state index contributed by atoms with van der Waals surface area (Å²) in [5.41, 5.74) is 3.53. The first-order valence-electron chi connectivity index (χ1n) is 11.0. The van der Waals surface area contributed by atoms with Crippen LogP contribution < -0.4 is 21.5 Å². The second-order valence-electron chi connectivity index (χ2n) is 8.07. The lowest BCUT2D eigenvalue weighted by Gasteiger charge is -2.16. The number of aromatic nitrogens is 2. The maximum Gasteiger partial charge on any atom is 0.328 e. The van der Waals surface area contributed by atoms with Gasteiger partial charge in [0.1, 0.15) is 6.04 Å². The summed E-state index contributed by atoms with van der Waals surface area (Å²) in [5.74, 6) is -0.885. The largest absolute Gasteiger partial charge is 0.467 e. The molecule has 0 saturated carbocycles. The summed E-state index contributed by atoms with van der Waals surface area (Å²) >= 11 is 0. The summed E-state index contributed by atoms with van der Waals surface area (Å²) in [6.45, 7) is 1.35. The Balaban J connectivity index is 1.71. The first kappa shape index (κ1) is 23.0. The molecule has 0 saturated heterocycles. The number of carbonyl (C=O) groups excluding carboxylic acids is 2. The Morgan fingerprint density at radius 3 is 2.53 bits per heavy atom. The van der Waals surface area contributed by atoms with Gasteiger partial charge in [-0.3, -0.25) is 14.7 Å². The average Bonchev–Trinajstić information content (AvgIpc) is 3.37. The number of aromatic amines is 2. The Kier molecular flexibility index (Phi) is 6.87. The number of fused-ring (bicyclic) bond motifs is 1. The van der Waals surface area contributed by atoms with E-state index in [4.69, 9.17) is 9.73 Å². The molecule has 1 unspecified atom stereocenters. The van der Waals surface area contributed by atoms with Crippen molar-refractivity contribution in [2.75, 3.05) is 7.11 Å². The zero-order chi connectivity index (χ0) is 24.1. The number of hydrogen-bond acceptors (Lipinski definition) is 5. The summed E-state index contributed by atoms with van der Waals surface area (Å²) in [6, 6.07) is 16.7. The SMILES string of the molecule is COC(=O)C(CC1=c2ccccc2=N/C1=C/c1c(CCc2ccccc2)[nH][nH]c1=O)NC(C)=O. The van der Waals surface area contributed by atoms with Gasteiger partial charge in [-0.15, -0.1) is 0 Å². The van der Waals surface area contributed by atoms with Gasteiger partial charge in [0.05, 0.1) is 23.7 Å². The Bertz CT molecular complexity index is 1420. The van der Waals surface area contributed by atoms with Crippen molar-refractivity contribution in [3.05, 3.63) is 98.0 Å². The van der Waals surface area contributed by atoms with E-state index in [1.165, 1.54) is 19.6 Å². The lowest BCUT2D eigenvalue weighted by Crippen LogP contribution is -2.41. The van der Waals surface area contributed by atoms with Crippen LogP contribution in [0.2, 0.25) is 0 Å². The molecule has 0 radical (unpaired) electrons. The molecule has 4 rings (SSSR count). The van der Waals surface area contributed by atoms with Gasteiger partial charge >= 0.3 is 5.97 Å². The first-order valence-corrected chi connectivity index (χ1v) is 11.0. The number of hydrogen-bond donors (Lipinski definition) is 3. The summed E-state index contributed by atoms with van der Waals surface area (Å²) in [5, 5.41) is 9.90. The van der Waals surface area contributed by atoms with E-state index in [9.17, 15) is 14.4 Å². The fourth-order valence-corrected chi connectivity index (χ4v) is 4.08. The molecule has 2 heterocycles. The highest BCUT2D eigenvalue weighted by Gasteiger charge is 2.25. The van der Waals surface area contributed by atoms with Gasteiger partial charge in [0.2, 0.25) is 5.91 Å². The number of H-pyrrole nitrogens is 2. The zero-order valence-electron chi connectivity index (χ0n) is 19.1. The van der Waals surface area contributed by atoms with Crippen LogP contribution in [0.25, 0.3) is 11.6 Å². The molecule has 0 bridgehead atoms. The third-order valence-electron chi connectivity index (χ3n) is 5.73. The number of rotatable bonds is 8. The third kappa shape index (κ3) is 5.06. The molecule has 174 valence electrons. The predicted molar refractivity (Wildman–Crippen MR) is 128 cm³/mol. The van der Waals surface area contributed by atoms with Gasteiger partial charge in [0.25, 0.3) is 5.56 Å². The molecule has 1 atom stereocenters. The van der Waals surface area contributed by atoms with Gasteiger partial charge in [-0.25, -0.2) is 9.79 Å². The summed E-state index contributed by atoms with van der Waals surface area (Å²) in [4.78, 5) is 41.4. The van der Waals surface area contributed by atoms with E-state index in [2.05, 4.69) is 15.5 Å². The monoisotopic (exact) mass is 458 g/mol. The number of nitrogens with one attached hydrogen (secondary N) is 3. The van der Waals surface area contributed by atoms with Gasteiger partial charge in [0.15, 0.2) is 0 Å². The molecule has 1 aliphatic rings. The number of methoxy groups -OCH3 is 1. The number of para-hydroxylation sites is 1. The van der Waals surface area contributed by atoms with E-state index >= 15 is 0 Å². The number of aryl methyl sites for hydroxylation is 2. The normalized spacial score (nSPS) is 14.4. The fraction of sp³-hybridized carbons (Fsp3) is 0.231. The highest BCUT2D eigenvalue weighted by atomic mass is 16.5. The number of nitrogens with zero attached hydrogens (tertiary/aromatic N) is 1. The van der Waals surface area contributed by atoms with Gasteiger partial charge in [-0.1, -0.05) is 48.5 Å². The molecule has 1 amide bonds. The van der Waals surface area contributed by atoms with Crippen molar-refractivity contribution in [2.45, 2.75) is 32.2 Å². The fourth-order valence-electron chi connectivity index (χ4n) is 4.08. The van der Waals surface area contributed by atoms with Crippen molar-refractivity contribution >= 4 is 23.5 Å². The number of ether oxygens (including phenoxy) is 1. The van der Waals surface area contributed by atoms with Crippen LogP contribution in [0.3, 0.4) is 0 Å². The highest BCUT2D eigenvalue weighted by molar-refractivity contribution is 5.86. The van der Waals surface area contributed by atoms with E-state index < -0.39 is 12.0 Å². The molecular weight excluding hydrogens is 432 g/mol. The van der Waals surface area contributed by atoms with Gasteiger partial charge in [-0.05, 0) is 36.1 Å². The van der Waals surface area contributed by atoms with E-state index in [-0.39, 0.29) is 17.9 Å². The number of esters is 1. The molecule has 1 aromatic heterocycles. The van der Waals surface area contributed by atoms with Gasteiger partial charge in [-0.2, -0.15) is 0 Å². The third-order valence-corrected chi connectivity index (χ3v) is 5.73. The molecule has 3 N–H and O–H groups in total. The van der Waals surface area contributed by atoms with Crippen LogP contribution in [0.1, 0.15) is 30.2 Å². The second-order valence-corrected chi connectivity index (χ2v) is 8.07. The standard InChI is InChI=1S/C26H26N4O4/c1-16(31)27-24(26(33)34-2)14-19-18-10-6-7-11-21(18)28-23(19)15-20-22(29-30-25(20)32)13-12-17-8-4-3-5-9-17/h3-11,15,24H,12-14H2,1-2H3,(H,27,31)(H2,29,30,32)/b23-15+. The van der Waals surface area contributed by atoms with Crippen LogP contribution in [-0.4, -0.2) is 35.2 Å². The Hall–Kier alpha value is -4.20. The number of benzene rings is 2. The van der Waals surface area contributed by atoms with Crippen molar-refractivity contribution in [1.29, 1.82) is 0 Å². The van der Waals surface area contributed by atoms with Crippen LogP contribution in [0.15, 0.2) is 70.1 Å². The Morgan fingerprint density at radius 2 is 1.79 bits per heavy atom. The van der Waals surface area contributed by atoms with Crippen molar-refractivity contribution in [3.63, 3.8) is 0 Å². The minimum atomic E-state index is -0.871. The van der Waals surface area contributed by atoms with E-state index in [0.717, 1.165) is 28.3 Å². The lowest BCUT2D eigenvalue weighted by molar-refractivity contribution is -0.144. The Morgan fingerprint density at radius 1 is 1.06 bits per heavy atom. The maximum absolute atomic E-state index is 12.6. The quantitative estimate of drug-likeness (QED) is 0.442. The maximum atomic E-state index is 12.6. The molecule has 2 aromatic carbocycles. The molecule has 8 nitrogen and oxygen atoms in total. The Labute approximate surface area is 196 Å². The van der Waals surface area contributed by atoms with E-state index in [1.54, 1.807) is 6.08 Å². The van der Waals surface area contributed by atoms with E-state index in [1.807, 2.05) is 54.6 Å². The molecule has 1 aliphatic heterocycles. The van der Waals surface area contributed by atoms with Crippen LogP contribution in [0.5, 0.6) is 0 Å². The van der Waals surface area contributed by atoms with Crippen LogP contribution in [0, 0.1) is 0 Å². The van der Waals surface area contributed by atoms with Gasteiger partial charge < -0.3 is 15.2 Å². The van der Waals surface area contributed by atoms with Crippen LogP contribution in [0.4, 0.5) is 0 Å². The molecule has 3 aromatic rings. The minimum Gasteiger partial charge on any atom is -0.467 e. The van der Waals surface area contributed by atoms with Crippen LogP contribution in [-0.2, 0) is 27.2 Å². The molecule has 0 aliphatic carbocycles. The summed E-state index contributed by atoms with van der Waals surface area (Å²) < 4.78 is 4.89. The summed E-state index contributed by atoms with van der Waals surface area (Å²) in [6.07, 6.45) is 3.33. The number of amides is 1. The molecule has 0 fully saturated rings. The molecule has 8 heteroatoms. The number of allylic oxidation sites excluding steroid dienone is 1. The highest BCUT2D eigenvalue weighted by Crippen LogP contribution is 2.23. The minimum absolute atomic E-state index is 0.181. The average molecular weight is 459 g/mol. The van der Waals surface area contributed by atoms with Crippen LogP contribution >= 0.6 is 0 Å². The predicted octanol–water partition coefficient (Wildman–Crippen LogP) is 1.38. The molecular formula is C26H26N4O4. The van der Waals surface area contributed by atoms with Gasteiger partial charge in [0, 0.05) is 24.3 Å². The van der Waals surface area contributed by atoms with Crippen molar-refractivity contribution in [1.82, 2.24) is 15.5 Å². The lowest BCUT2D eigenvalue weighted by atomic mass is 9.99. The second kappa shape index (κ2) is 10.2. The van der Waals surface area contributed by atoms with Crippen molar-refractivity contribution in [2.24, 2.45) is 4.99 Å². The summed E-state index contributed by atoms with van der Waals surface area (Å²) in [7, 11) is 1.28. The molecule has 0 spiro atoms. The smallest absolute Gasteiger partial charge is 0.328 e. The molecule has 34 heavy (non-hydrogen) atoms. The van der Waals surface area contributed by atoms with E-state index in [0.29, 0.717) is 17.7 Å². The van der Waals surface area contributed by atoms with Crippen molar-refractivity contribution in [3.8, 4) is 0 Å². The number of carbonyl (C=O) groups is 2.